The van der Waals surface area contributed by atoms with Crippen molar-refractivity contribution in [2.24, 2.45) is 5.41 Å². The van der Waals surface area contributed by atoms with Gasteiger partial charge in [0.1, 0.15) is 0 Å². The maximum Gasteiger partial charge on any atom is 0.0286 e. The summed E-state index contributed by atoms with van der Waals surface area (Å²) in [6.07, 6.45) is 4.96. The summed E-state index contributed by atoms with van der Waals surface area (Å²) < 4.78 is 0. The summed E-state index contributed by atoms with van der Waals surface area (Å²) in [5.41, 5.74) is 1.80. The van der Waals surface area contributed by atoms with E-state index in [4.69, 9.17) is 0 Å². The van der Waals surface area contributed by atoms with Crippen LogP contribution in [0.4, 0.5) is 0 Å². The first-order chi connectivity index (χ1) is 6.60. The van der Waals surface area contributed by atoms with Crippen molar-refractivity contribution in [2.75, 3.05) is 0 Å². The van der Waals surface area contributed by atoms with Crippen molar-refractivity contribution >= 4 is 0 Å². The van der Waals surface area contributed by atoms with E-state index in [1.165, 1.54) is 25.0 Å². The smallest absolute Gasteiger partial charge is 0.0286 e. The van der Waals surface area contributed by atoms with E-state index in [0.717, 1.165) is 6.42 Å². The number of unbranched alkanes of at least 4 members (excludes halogenated alkanes) is 1. The topological polar surface area (TPSA) is 12.0 Å². The van der Waals surface area contributed by atoms with Crippen LogP contribution < -0.4 is 5.32 Å². The highest BCUT2D eigenvalue weighted by Gasteiger charge is 2.11. The molecule has 0 bridgehead atoms. The highest BCUT2D eigenvalue weighted by molar-refractivity contribution is 4.95. The summed E-state index contributed by atoms with van der Waals surface area (Å²) in [6.45, 7) is 17.5. The molecule has 0 aromatic heterocycles. The van der Waals surface area contributed by atoms with Crippen LogP contribution in [0, 0.1) is 5.41 Å². The minimum absolute atomic E-state index is 0.154. The molecule has 15 heavy (non-hydrogen) atoms. The Hall–Kier alpha value is -0.460. The summed E-state index contributed by atoms with van der Waals surface area (Å²) in [5.74, 6) is 0. The lowest BCUT2D eigenvalue weighted by Gasteiger charge is -2.24. The van der Waals surface area contributed by atoms with E-state index in [1.807, 2.05) is 0 Å². The van der Waals surface area contributed by atoms with Crippen LogP contribution in [0.5, 0.6) is 0 Å². The quantitative estimate of drug-likeness (QED) is 0.660. The molecule has 0 radical (unpaired) electrons. The number of nitrogens with one attached hydrogen (secondary N) is 1. The van der Waals surface area contributed by atoms with Crippen LogP contribution in [0.15, 0.2) is 12.3 Å². The monoisotopic (exact) mass is 211 g/mol. The maximum atomic E-state index is 4.06. The van der Waals surface area contributed by atoms with Gasteiger partial charge in [0.05, 0.1) is 0 Å². The van der Waals surface area contributed by atoms with Gasteiger partial charge in [-0.05, 0) is 45.4 Å². The lowest BCUT2D eigenvalue weighted by atomic mass is 9.89. The van der Waals surface area contributed by atoms with Crippen LogP contribution in [0.25, 0.3) is 0 Å². The van der Waals surface area contributed by atoms with E-state index in [1.54, 1.807) is 0 Å². The summed E-state index contributed by atoms with van der Waals surface area (Å²) in [7, 11) is 0. The van der Waals surface area contributed by atoms with E-state index >= 15 is 0 Å². The van der Waals surface area contributed by atoms with Crippen molar-refractivity contribution in [1.29, 1.82) is 0 Å². The Morgan fingerprint density at radius 2 is 1.53 bits per heavy atom. The highest BCUT2D eigenvalue weighted by Crippen LogP contribution is 2.22. The zero-order valence-corrected chi connectivity index (χ0v) is 11.5. The molecule has 1 N–H and O–H groups in total. The Morgan fingerprint density at radius 1 is 1.00 bits per heavy atom. The van der Waals surface area contributed by atoms with E-state index in [-0.39, 0.29) is 5.54 Å². The third-order valence-corrected chi connectivity index (χ3v) is 2.21. The first-order valence-corrected chi connectivity index (χ1v) is 6.06. The summed E-state index contributed by atoms with van der Waals surface area (Å²) in [4.78, 5) is 0. The average molecular weight is 211 g/mol. The van der Waals surface area contributed by atoms with Gasteiger partial charge in [-0.3, -0.25) is 0 Å². The number of hydrogen-bond donors (Lipinski definition) is 1. The minimum atomic E-state index is 0.154. The summed E-state index contributed by atoms with van der Waals surface area (Å²) >= 11 is 0. The molecule has 0 fully saturated rings. The van der Waals surface area contributed by atoms with Gasteiger partial charge in [0.25, 0.3) is 0 Å². The molecular formula is C14H29N. The second-order valence-electron chi connectivity index (χ2n) is 6.75. The third kappa shape index (κ3) is 11.5. The van der Waals surface area contributed by atoms with Gasteiger partial charge in [0, 0.05) is 11.2 Å². The molecule has 90 valence electrons. The Labute approximate surface area is 96.3 Å². The largest absolute Gasteiger partial charge is 0.384 e. The number of allylic oxidation sites excluding steroid dienone is 1. The first kappa shape index (κ1) is 14.5. The van der Waals surface area contributed by atoms with Crippen LogP contribution >= 0.6 is 0 Å². The van der Waals surface area contributed by atoms with E-state index in [0.29, 0.717) is 5.41 Å². The fourth-order valence-corrected chi connectivity index (χ4v) is 1.59. The predicted molar refractivity (Wildman–Crippen MR) is 70.0 cm³/mol. The molecule has 0 aliphatic heterocycles. The Balaban J connectivity index is 3.57. The van der Waals surface area contributed by atoms with Crippen molar-refractivity contribution in [1.82, 2.24) is 5.32 Å². The molecule has 1 heteroatoms. The second-order valence-corrected chi connectivity index (χ2v) is 6.75. The summed E-state index contributed by atoms with van der Waals surface area (Å²) in [5, 5.41) is 3.42. The zero-order chi connectivity index (χ0) is 12.1. The molecule has 0 unspecified atom stereocenters. The van der Waals surface area contributed by atoms with Crippen molar-refractivity contribution in [3.05, 3.63) is 12.3 Å². The summed E-state index contributed by atoms with van der Waals surface area (Å²) in [6, 6.07) is 0. The van der Waals surface area contributed by atoms with Gasteiger partial charge in [-0.1, -0.05) is 33.8 Å². The third-order valence-electron chi connectivity index (χ3n) is 2.21. The van der Waals surface area contributed by atoms with Crippen molar-refractivity contribution in [3.63, 3.8) is 0 Å². The average Bonchev–Trinajstić information content (AvgIpc) is 1.92. The van der Waals surface area contributed by atoms with Crippen molar-refractivity contribution in [3.8, 4) is 0 Å². The molecule has 0 rings (SSSR count). The molecule has 0 aliphatic carbocycles. The standard InChI is InChI=1S/C14H29N/c1-12(15-14(5,6)7)10-8-9-11-13(2,3)4/h15H,1,8-11H2,2-7H3. The predicted octanol–water partition coefficient (Wildman–Crippen LogP) is 4.49. The molecule has 0 aromatic carbocycles. The number of rotatable bonds is 5. The molecule has 0 aliphatic rings. The van der Waals surface area contributed by atoms with Gasteiger partial charge in [0.15, 0.2) is 0 Å². The first-order valence-electron chi connectivity index (χ1n) is 6.06. The van der Waals surface area contributed by atoms with E-state index < -0.39 is 0 Å². The molecule has 0 saturated carbocycles. The van der Waals surface area contributed by atoms with Crippen molar-refractivity contribution in [2.45, 2.75) is 72.8 Å². The van der Waals surface area contributed by atoms with Gasteiger partial charge in [-0.2, -0.15) is 0 Å². The molecule has 0 aromatic rings. The normalized spacial score (nSPS) is 12.7. The Kier molecular flexibility index (Phi) is 5.41. The van der Waals surface area contributed by atoms with E-state index in [2.05, 4.69) is 53.4 Å². The second kappa shape index (κ2) is 5.58. The molecule has 0 spiro atoms. The molecule has 1 nitrogen and oxygen atoms in total. The highest BCUT2D eigenvalue weighted by atomic mass is 15.0. The van der Waals surface area contributed by atoms with Crippen LogP contribution in [-0.2, 0) is 0 Å². The Morgan fingerprint density at radius 3 is 1.93 bits per heavy atom. The van der Waals surface area contributed by atoms with Gasteiger partial charge < -0.3 is 5.32 Å². The van der Waals surface area contributed by atoms with Gasteiger partial charge in [-0.25, -0.2) is 0 Å². The van der Waals surface area contributed by atoms with Crippen LogP contribution in [-0.4, -0.2) is 5.54 Å². The number of hydrogen-bond acceptors (Lipinski definition) is 1. The lowest BCUT2D eigenvalue weighted by Crippen LogP contribution is -2.34. The van der Waals surface area contributed by atoms with E-state index in [9.17, 15) is 0 Å². The fraction of sp³-hybridized carbons (Fsp3) is 0.857. The van der Waals surface area contributed by atoms with Crippen molar-refractivity contribution < 1.29 is 0 Å². The Bertz CT molecular complexity index is 190. The zero-order valence-electron chi connectivity index (χ0n) is 11.5. The van der Waals surface area contributed by atoms with Gasteiger partial charge in [-0.15, -0.1) is 0 Å². The maximum absolute atomic E-state index is 4.06. The minimum Gasteiger partial charge on any atom is -0.384 e. The van der Waals surface area contributed by atoms with Crippen LogP contribution in [0.3, 0.4) is 0 Å². The molecule has 0 atom stereocenters. The van der Waals surface area contributed by atoms with Gasteiger partial charge in [0.2, 0.25) is 0 Å². The van der Waals surface area contributed by atoms with Crippen LogP contribution in [0.2, 0.25) is 0 Å². The fourth-order valence-electron chi connectivity index (χ4n) is 1.59. The van der Waals surface area contributed by atoms with Gasteiger partial charge >= 0.3 is 0 Å². The molecule has 0 amide bonds. The molecule has 0 saturated heterocycles. The van der Waals surface area contributed by atoms with Crippen LogP contribution in [0.1, 0.15) is 67.2 Å². The SMILES string of the molecule is C=C(CCCCC(C)(C)C)NC(C)(C)C. The molecule has 0 heterocycles. The lowest BCUT2D eigenvalue weighted by molar-refractivity contribution is 0.358. The molecular weight excluding hydrogens is 182 g/mol.